The number of carbonyl (C=O) groups excluding carboxylic acids is 2. The fourth-order valence-electron chi connectivity index (χ4n) is 5.10. The number of anilines is 1. The van der Waals surface area contributed by atoms with Gasteiger partial charge in [0.2, 0.25) is 0 Å². The van der Waals surface area contributed by atoms with E-state index in [-0.39, 0.29) is 17.2 Å². The summed E-state index contributed by atoms with van der Waals surface area (Å²) < 4.78 is 5.68. The second-order valence-electron chi connectivity index (χ2n) is 10.0. The van der Waals surface area contributed by atoms with Crippen LogP contribution in [-0.4, -0.2) is 31.4 Å². The summed E-state index contributed by atoms with van der Waals surface area (Å²) in [5.74, 6) is -0.595. The van der Waals surface area contributed by atoms with E-state index in [2.05, 4.69) is 69.1 Å². The second-order valence-corrected chi connectivity index (χ2v) is 10.0. The van der Waals surface area contributed by atoms with E-state index in [1.807, 2.05) is 6.92 Å². The minimum absolute atomic E-state index is 0.0987. The standard InChI is InChI=1S/C28H40N2O3/c1-7-10-11-16-33-27(32)24-19(4)29-22-17-28(5,6)18-23(31)26(22)25(24)20-12-14-21(15-13-20)30(8-2)9-3/h12-15,25,29H,7-11,16-18H2,1-6H3. The molecule has 1 aromatic carbocycles. The molecule has 0 amide bonds. The van der Waals surface area contributed by atoms with E-state index in [1.165, 1.54) is 0 Å². The van der Waals surface area contributed by atoms with Crippen LogP contribution in [0.4, 0.5) is 5.69 Å². The Morgan fingerprint density at radius 3 is 2.36 bits per heavy atom. The molecule has 1 aliphatic heterocycles. The van der Waals surface area contributed by atoms with Crippen LogP contribution < -0.4 is 10.2 Å². The van der Waals surface area contributed by atoms with E-state index in [0.29, 0.717) is 18.6 Å². The number of nitrogens with zero attached hydrogens (tertiary/aromatic N) is 1. The molecular weight excluding hydrogens is 412 g/mol. The van der Waals surface area contributed by atoms with Crippen molar-refractivity contribution in [3.8, 4) is 0 Å². The van der Waals surface area contributed by atoms with Crippen LogP contribution in [0.25, 0.3) is 0 Å². The van der Waals surface area contributed by atoms with Crippen LogP contribution in [0.5, 0.6) is 0 Å². The normalized spacial score (nSPS) is 19.8. The number of ether oxygens (including phenoxy) is 1. The van der Waals surface area contributed by atoms with Gasteiger partial charge in [0.1, 0.15) is 0 Å². The van der Waals surface area contributed by atoms with Gasteiger partial charge in [-0.25, -0.2) is 4.79 Å². The summed E-state index contributed by atoms with van der Waals surface area (Å²) in [6.07, 6.45) is 4.23. The molecule has 2 aliphatic rings. The monoisotopic (exact) mass is 452 g/mol. The average Bonchev–Trinajstić information content (AvgIpc) is 2.76. The predicted octanol–water partition coefficient (Wildman–Crippen LogP) is 5.87. The number of ketones is 1. The molecule has 0 aromatic heterocycles. The molecule has 1 atom stereocenters. The van der Waals surface area contributed by atoms with Crippen LogP contribution >= 0.6 is 0 Å². The van der Waals surface area contributed by atoms with E-state index in [0.717, 1.165) is 67.0 Å². The number of benzene rings is 1. The Morgan fingerprint density at radius 1 is 1.09 bits per heavy atom. The van der Waals surface area contributed by atoms with Crippen molar-refractivity contribution in [3.05, 3.63) is 52.4 Å². The molecule has 1 aliphatic carbocycles. The number of rotatable bonds is 9. The number of allylic oxidation sites excluding steroid dienone is 3. The van der Waals surface area contributed by atoms with Gasteiger partial charge in [-0.3, -0.25) is 4.79 Å². The van der Waals surface area contributed by atoms with Crippen molar-refractivity contribution < 1.29 is 14.3 Å². The van der Waals surface area contributed by atoms with Crippen LogP contribution in [0.2, 0.25) is 0 Å². The van der Waals surface area contributed by atoms with Gasteiger partial charge in [-0.05, 0) is 56.7 Å². The van der Waals surface area contributed by atoms with E-state index in [1.54, 1.807) is 0 Å². The maximum atomic E-state index is 13.4. The van der Waals surface area contributed by atoms with Gasteiger partial charge < -0.3 is 15.0 Å². The number of Topliss-reactive ketones (excluding diaryl/α,β-unsaturated/α-hetero) is 1. The second kappa shape index (κ2) is 10.6. The van der Waals surface area contributed by atoms with Gasteiger partial charge in [0.15, 0.2) is 5.78 Å². The molecule has 0 bridgehead atoms. The van der Waals surface area contributed by atoms with Crippen molar-refractivity contribution >= 4 is 17.4 Å². The highest BCUT2D eigenvalue weighted by molar-refractivity contribution is 6.04. The molecule has 0 saturated carbocycles. The third-order valence-corrected chi connectivity index (χ3v) is 6.80. The maximum absolute atomic E-state index is 13.4. The first kappa shape index (κ1) is 25.1. The third kappa shape index (κ3) is 5.51. The van der Waals surface area contributed by atoms with Crippen molar-refractivity contribution in [3.63, 3.8) is 0 Å². The van der Waals surface area contributed by atoms with E-state index >= 15 is 0 Å². The van der Waals surface area contributed by atoms with Gasteiger partial charge >= 0.3 is 5.97 Å². The number of carbonyl (C=O) groups is 2. The quantitative estimate of drug-likeness (QED) is 0.375. The van der Waals surface area contributed by atoms with Crippen molar-refractivity contribution in [1.82, 2.24) is 5.32 Å². The van der Waals surface area contributed by atoms with Crippen molar-refractivity contribution in [2.24, 2.45) is 5.41 Å². The zero-order valence-electron chi connectivity index (χ0n) is 21.2. The van der Waals surface area contributed by atoms with Crippen molar-refractivity contribution in [2.75, 3.05) is 24.6 Å². The van der Waals surface area contributed by atoms with E-state index in [9.17, 15) is 9.59 Å². The number of hydrogen-bond acceptors (Lipinski definition) is 5. The van der Waals surface area contributed by atoms with Crippen LogP contribution in [0, 0.1) is 5.41 Å². The highest BCUT2D eigenvalue weighted by atomic mass is 16.5. The van der Waals surface area contributed by atoms with Crippen LogP contribution in [0.3, 0.4) is 0 Å². The first-order valence-corrected chi connectivity index (χ1v) is 12.5. The molecular formula is C28H40N2O3. The minimum Gasteiger partial charge on any atom is -0.462 e. The highest BCUT2D eigenvalue weighted by Gasteiger charge is 2.43. The van der Waals surface area contributed by atoms with Gasteiger partial charge in [0.25, 0.3) is 0 Å². The molecule has 0 radical (unpaired) electrons. The highest BCUT2D eigenvalue weighted by Crippen LogP contribution is 2.47. The molecule has 0 spiro atoms. The largest absolute Gasteiger partial charge is 0.462 e. The van der Waals surface area contributed by atoms with Gasteiger partial charge in [-0.1, -0.05) is 45.7 Å². The summed E-state index contributed by atoms with van der Waals surface area (Å²) in [6, 6.07) is 8.33. The molecule has 5 heteroatoms. The molecule has 33 heavy (non-hydrogen) atoms. The molecule has 1 unspecified atom stereocenters. The van der Waals surface area contributed by atoms with Gasteiger partial charge in [-0.15, -0.1) is 0 Å². The number of dihydropyridines is 1. The minimum atomic E-state index is -0.394. The lowest BCUT2D eigenvalue weighted by atomic mass is 9.68. The average molecular weight is 453 g/mol. The first-order chi connectivity index (χ1) is 15.7. The summed E-state index contributed by atoms with van der Waals surface area (Å²) in [7, 11) is 0. The topological polar surface area (TPSA) is 58.6 Å². The van der Waals surface area contributed by atoms with Crippen molar-refractivity contribution in [1.29, 1.82) is 0 Å². The summed E-state index contributed by atoms with van der Waals surface area (Å²) in [5, 5.41) is 3.41. The molecule has 180 valence electrons. The van der Waals surface area contributed by atoms with Crippen LogP contribution in [-0.2, 0) is 14.3 Å². The molecule has 1 aromatic rings. The lowest BCUT2D eigenvalue weighted by molar-refractivity contribution is -0.139. The van der Waals surface area contributed by atoms with Gasteiger partial charge in [0, 0.05) is 48.1 Å². The fourth-order valence-corrected chi connectivity index (χ4v) is 5.10. The lowest BCUT2D eigenvalue weighted by Gasteiger charge is -2.39. The molecule has 0 saturated heterocycles. The molecule has 1 N–H and O–H groups in total. The van der Waals surface area contributed by atoms with Crippen LogP contribution in [0.1, 0.15) is 85.1 Å². The molecule has 0 fully saturated rings. The third-order valence-electron chi connectivity index (χ3n) is 6.80. The van der Waals surface area contributed by atoms with Crippen molar-refractivity contribution in [2.45, 2.75) is 79.6 Å². The fraction of sp³-hybridized carbons (Fsp3) is 0.571. The number of unbranched alkanes of at least 4 members (excludes halogenated alkanes) is 2. The summed E-state index contributed by atoms with van der Waals surface area (Å²) in [6.45, 7) is 14.9. The first-order valence-electron chi connectivity index (χ1n) is 12.5. The smallest absolute Gasteiger partial charge is 0.336 e. The van der Waals surface area contributed by atoms with Gasteiger partial charge in [0.05, 0.1) is 12.2 Å². The Labute approximate surface area is 199 Å². The Morgan fingerprint density at radius 2 is 1.76 bits per heavy atom. The molecule has 3 rings (SSSR count). The number of nitrogens with one attached hydrogen (secondary N) is 1. The Balaban J connectivity index is 2.02. The molecule has 1 heterocycles. The van der Waals surface area contributed by atoms with E-state index < -0.39 is 5.92 Å². The summed E-state index contributed by atoms with van der Waals surface area (Å²) in [5.41, 5.74) is 5.05. The Hall–Kier alpha value is -2.56. The maximum Gasteiger partial charge on any atom is 0.336 e. The Kier molecular flexibility index (Phi) is 8.04. The number of hydrogen-bond donors (Lipinski definition) is 1. The van der Waals surface area contributed by atoms with Gasteiger partial charge in [-0.2, -0.15) is 0 Å². The predicted molar refractivity (Wildman–Crippen MR) is 134 cm³/mol. The van der Waals surface area contributed by atoms with E-state index in [4.69, 9.17) is 4.74 Å². The lowest BCUT2D eigenvalue weighted by Crippen LogP contribution is -2.38. The molecule has 5 nitrogen and oxygen atoms in total. The summed E-state index contributed by atoms with van der Waals surface area (Å²) in [4.78, 5) is 28.9. The van der Waals surface area contributed by atoms with Crippen LogP contribution in [0.15, 0.2) is 46.8 Å². The zero-order valence-corrected chi connectivity index (χ0v) is 21.2. The number of esters is 1. The zero-order chi connectivity index (χ0) is 24.2. The summed E-state index contributed by atoms with van der Waals surface area (Å²) >= 11 is 0. The SMILES string of the molecule is CCCCCOC(=O)C1=C(C)NC2=C(C(=O)CC(C)(C)C2)C1c1ccc(N(CC)CC)cc1. The Bertz CT molecular complexity index is 936.